The highest BCUT2D eigenvalue weighted by atomic mass is 16.5. The largest absolute Gasteiger partial charge is 0.468 e. The van der Waals surface area contributed by atoms with Crippen LogP contribution in [0.2, 0.25) is 0 Å². The summed E-state index contributed by atoms with van der Waals surface area (Å²) < 4.78 is 10.4. The number of hydrogen-bond acceptors (Lipinski definition) is 4. The minimum absolute atomic E-state index is 0.0589. The van der Waals surface area contributed by atoms with Gasteiger partial charge in [-0.25, -0.2) is 0 Å². The summed E-state index contributed by atoms with van der Waals surface area (Å²) in [6, 6.07) is -0.0589. The molecule has 0 spiro atoms. The third kappa shape index (κ3) is 5.04. The van der Waals surface area contributed by atoms with Gasteiger partial charge in [0.05, 0.1) is 13.7 Å². The lowest BCUT2D eigenvalue weighted by atomic mass is 10.0. The lowest BCUT2D eigenvalue weighted by Crippen LogP contribution is -2.46. The molecule has 0 unspecified atom stereocenters. The molecule has 1 saturated heterocycles. The van der Waals surface area contributed by atoms with Crippen molar-refractivity contribution in [2.24, 2.45) is 5.92 Å². The molecule has 0 aromatic heterocycles. The molecule has 1 aliphatic rings. The van der Waals surface area contributed by atoms with E-state index in [1.807, 2.05) is 0 Å². The second-order valence-corrected chi connectivity index (χ2v) is 5.04. The van der Waals surface area contributed by atoms with Crippen molar-refractivity contribution >= 4 is 5.97 Å². The second-order valence-electron chi connectivity index (χ2n) is 5.04. The summed E-state index contributed by atoms with van der Waals surface area (Å²) in [6.45, 7) is 7.57. The molecular weight excluding hydrogens is 218 g/mol. The van der Waals surface area contributed by atoms with Crippen molar-refractivity contribution in [2.75, 3.05) is 33.4 Å². The molecule has 0 radical (unpaired) electrons. The molecule has 17 heavy (non-hydrogen) atoms. The lowest BCUT2D eigenvalue weighted by molar-refractivity contribution is -0.148. The molecule has 100 valence electrons. The van der Waals surface area contributed by atoms with Crippen molar-refractivity contribution in [3.63, 3.8) is 0 Å². The van der Waals surface area contributed by atoms with Crippen LogP contribution in [0.15, 0.2) is 0 Å². The Kier molecular flexibility index (Phi) is 6.52. The molecule has 1 rings (SSSR count). The molecule has 4 heteroatoms. The number of rotatable bonds is 6. The van der Waals surface area contributed by atoms with Crippen molar-refractivity contribution in [2.45, 2.75) is 39.2 Å². The van der Waals surface area contributed by atoms with Gasteiger partial charge in [-0.2, -0.15) is 0 Å². The standard InChI is InChI=1S/C13H25NO3/c1-11(2)10-17-9-8-14-7-5-4-6-12(14)13(15)16-3/h11-12H,4-10H2,1-3H3/t12-/m1/s1. The van der Waals surface area contributed by atoms with Crippen LogP contribution in [0.25, 0.3) is 0 Å². The number of esters is 1. The number of piperidine rings is 1. The predicted octanol–water partition coefficient (Wildman–Crippen LogP) is 1.69. The Morgan fingerprint density at radius 3 is 2.82 bits per heavy atom. The van der Waals surface area contributed by atoms with E-state index in [4.69, 9.17) is 9.47 Å². The summed E-state index contributed by atoms with van der Waals surface area (Å²) in [7, 11) is 1.46. The Morgan fingerprint density at radius 2 is 2.18 bits per heavy atom. The first-order chi connectivity index (χ1) is 8.15. The fourth-order valence-electron chi connectivity index (χ4n) is 2.16. The first-order valence-corrected chi connectivity index (χ1v) is 6.54. The molecule has 1 atom stereocenters. The van der Waals surface area contributed by atoms with Crippen molar-refractivity contribution < 1.29 is 14.3 Å². The smallest absolute Gasteiger partial charge is 0.323 e. The number of hydrogen-bond donors (Lipinski definition) is 0. The van der Waals surface area contributed by atoms with E-state index >= 15 is 0 Å². The van der Waals surface area contributed by atoms with Crippen LogP contribution in [0, 0.1) is 5.92 Å². The number of likely N-dealkylation sites (tertiary alicyclic amines) is 1. The Bertz CT molecular complexity index is 231. The molecule has 0 amide bonds. The molecule has 0 bridgehead atoms. The maximum Gasteiger partial charge on any atom is 0.323 e. The van der Waals surface area contributed by atoms with Crippen LogP contribution in [0.3, 0.4) is 0 Å². The lowest BCUT2D eigenvalue weighted by Gasteiger charge is -2.33. The van der Waals surface area contributed by atoms with Gasteiger partial charge >= 0.3 is 5.97 Å². The van der Waals surface area contributed by atoms with Gasteiger partial charge in [-0.1, -0.05) is 20.3 Å². The number of methoxy groups -OCH3 is 1. The van der Waals surface area contributed by atoms with Gasteiger partial charge in [0.25, 0.3) is 0 Å². The minimum Gasteiger partial charge on any atom is -0.468 e. The van der Waals surface area contributed by atoms with Crippen LogP contribution in [-0.4, -0.2) is 50.3 Å². The normalized spacial score (nSPS) is 21.8. The first kappa shape index (κ1) is 14.5. The summed E-state index contributed by atoms with van der Waals surface area (Å²) >= 11 is 0. The van der Waals surface area contributed by atoms with Crippen LogP contribution < -0.4 is 0 Å². The summed E-state index contributed by atoms with van der Waals surface area (Å²) in [4.78, 5) is 13.8. The predicted molar refractivity (Wildman–Crippen MR) is 66.9 cm³/mol. The molecule has 1 heterocycles. The third-order valence-corrected chi connectivity index (χ3v) is 3.06. The monoisotopic (exact) mass is 243 g/mol. The molecule has 0 aliphatic carbocycles. The van der Waals surface area contributed by atoms with Gasteiger partial charge in [-0.05, 0) is 25.3 Å². The van der Waals surface area contributed by atoms with Crippen molar-refractivity contribution in [1.29, 1.82) is 0 Å². The first-order valence-electron chi connectivity index (χ1n) is 6.54. The summed E-state index contributed by atoms with van der Waals surface area (Å²) in [6.07, 6.45) is 3.19. The van der Waals surface area contributed by atoms with Crippen LogP contribution in [-0.2, 0) is 14.3 Å². The molecule has 1 fully saturated rings. The van der Waals surface area contributed by atoms with E-state index < -0.39 is 0 Å². The molecule has 1 aliphatic heterocycles. The second kappa shape index (κ2) is 7.67. The zero-order valence-electron chi connectivity index (χ0n) is 11.3. The van der Waals surface area contributed by atoms with Gasteiger partial charge in [0, 0.05) is 13.2 Å². The minimum atomic E-state index is -0.103. The van der Waals surface area contributed by atoms with Crippen molar-refractivity contribution in [3.05, 3.63) is 0 Å². The molecule has 4 nitrogen and oxygen atoms in total. The van der Waals surface area contributed by atoms with Gasteiger partial charge in [-0.15, -0.1) is 0 Å². The Hall–Kier alpha value is -0.610. The van der Waals surface area contributed by atoms with E-state index in [0.29, 0.717) is 12.5 Å². The molecule has 0 saturated carbocycles. The van der Waals surface area contributed by atoms with E-state index in [2.05, 4.69) is 18.7 Å². The average molecular weight is 243 g/mol. The van der Waals surface area contributed by atoms with Crippen LogP contribution in [0.5, 0.6) is 0 Å². The van der Waals surface area contributed by atoms with E-state index in [1.54, 1.807) is 0 Å². The van der Waals surface area contributed by atoms with Crippen LogP contribution >= 0.6 is 0 Å². The number of nitrogens with zero attached hydrogens (tertiary/aromatic N) is 1. The van der Waals surface area contributed by atoms with Gasteiger partial charge in [0.1, 0.15) is 6.04 Å². The zero-order chi connectivity index (χ0) is 12.7. The zero-order valence-corrected chi connectivity index (χ0v) is 11.3. The number of carbonyl (C=O) groups is 1. The summed E-state index contributed by atoms with van der Waals surface area (Å²) in [5, 5.41) is 0. The van der Waals surface area contributed by atoms with Gasteiger partial charge < -0.3 is 9.47 Å². The van der Waals surface area contributed by atoms with Crippen LogP contribution in [0.1, 0.15) is 33.1 Å². The fraction of sp³-hybridized carbons (Fsp3) is 0.923. The maximum atomic E-state index is 11.6. The van der Waals surface area contributed by atoms with Crippen molar-refractivity contribution in [3.8, 4) is 0 Å². The molecule has 0 N–H and O–H groups in total. The van der Waals surface area contributed by atoms with Gasteiger partial charge in [0.15, 0.2) is 0 Å². The van der Waals surface area contributed by atoms with Crippen LogP contribution in [0.4, 0.5) is 0 Å². The van der Waals surface area contributed by atoms with E-state index in [1.165, 1.54) is 7.11 Å². The topological polar surface area (TPSA) is 38.8 Å². The molecule has 0 aromatic rings. The Balaban J connectivity index is 2.30. The maximum absolute atomic E-state index is 11.6. The number of ether oxygens (including phenoxy) is 2. The third-order valence-electron chi connectivity index (χ3n) is 3.06. The fourth-order valence-corrected chi connectivity index (χ4v) is 2.16. The SMILES string of the molecule is COC(=O)[C@H]1CCCCN1CCOCC(C)C. The van der Waals surface area contributed by atoms with Gasteiger partial charge in [-0.3, -0.25) is 9.69 Å². The van der Waals surface area contributed by atoms with Crippen molar-refractivity contribution in [1.82, 2.24) is 4.90 Å². The highest BCUT2D eigenvalue weighted by Gasteiger charge is 2.28. The average Bonchev–Trinajstić information content (AvgIpc) is 2.34. The van der Waals surface area contributed by atoms with E-state index in [9.17, 15) is 4.79 Å². The van der Waals surface area contributed by atoms with E-state index in [0.717, 1.165) is 39.0 Å². The molecular formula is C13H25NO3. The van der Waals surface area contributed by atoms with Gasteiger partial charge in [0.2, 0.25) is 0 Å². The Morgan fingerprint density at radius 1 is 1.41 bits per heavy atom. The quantitative estimate of drug-likeness (QED) is 0.525. The summed E-state index contributed by atoms with van der Waals surface area (Å²) in [5.74, 6) is 0.460. The number of carbonyl (C=O) groups excluding carboxylic acids is 1. The molecule has 0 aromatic carbocycles. The highest BCUT2D eigenvalue weighted by molar-refractivity contribution is 5.75. The Labute approximate surface area is 104 Å². The summed E-state index contributed by atoms with van der Waals surface area (Å²) in [5.41, 5.74) is 0. The van der Waals surface area contributed by atoms with E-state index in [-0.39, 0.29) is 12.0 Å². The highest BCUT2D eigenvalue weighted by Crippen LogP contribution is 2.17.